The molecule has 2 aromatic rings. The first-order valence-corrected chi connectivity index (χ1v) is 8.23. The minimum absolute atomic E-state index is 0.120. The van der Waals surface area contributed by atoms with Gasteiger partial charge < -0.3 is 4.74 Å². The van der Waals surface area contributed by atoms with Gasteiger partial charge in [0.05, 0.1) is 18.2 Å². The molecule has 4 heteroatoms. The van der Waals surface area contributed by atoms with Crippen molar-refractivity contribution in [3.63, 3.8) is 0 Å². The fraction of sp³-hybridized carbons (Fsp3) is 0.300. The van der Waals surface area contributed by atoms with Gasteiger partial charge in [-0.1, -0.05) is 29.8 Å². The van der Waals surface area contributed by atoms with E-state index in [0.29, 0.717) is 18.7 Å². The summed E-state index contributed by atoms with van der Waals surface area (Å²) in [4.78, 5) is 26.3. The van der Waals surface area contributed by atoms with E-state index in [-0.39, 0.29) is 24.2 Å². The predicted molar refractivity (Wildman–Crippen MR) is 93.1 cm³/mol. The third-order valence-electron chi connectivity index (χ3n) is 4.21. The molecule has 1 fully saturated rings. The molecule has 0 radical (unpaired) electrons. The third kappa shape index (κ3) is 3.32. The van der Waals surface area contributed by atoms with Crippen LogP contribution in [0.1, 0.15) is 24.5 Å². The van der Waals surface area contributed by atoms with E-state index in [4.69, 9.17) is 4.74 Å². The molecule has 0 spiro atoms. The molecule has 24 heavy (non-hydrogen) atoms. The molecule has 2 aromatic carbocycles. The SMILES string of the molecule is CCOc1ccc(N2C(=O)CC(Cc3cccc(C)c3)C2=O)cc1. The molecule has 1 aliphatic heterocycles. The van der Waals surface area contributed by atoms with Gasteiger partial charge in [0.1, 0.15) is 5.75 Å². The predicted octanol–water partition coefficient (Wildman–Crippen LogP) is 3.52. The Bertz CT molecular complexity index is 752. The van der Waals surface area contributed by atoms with Crippen LogP contribution in [0.25, 0.3) is 0 Å². The van der Waals surface area contributed by atoms with E-state index in [0.717, 1.165) is 16.9 Å². The second-order valence-corrected chi connectivity index (χ2v) is 6.09. The third-order valence-corrected chi connectivity index (χ3v) is 4.21. The molecule has 1 unspecified atom stereocenters. The summed E-state index contributed by atoms with van der Waals surface area (Å²) >= 11 is 0. The Morgan fingerprint density at radius 1 is 1.12 bits per heavy atom. The van der Waals surface area contributed by atoms with Crippen molar-refractivity contribution in [2.75, 3.05) is 11.5 Å². The smallest absolute Gasteiger partial charge is 0.237 e. The molecular formula is C20H21NO3. The Labute approximate surface area is 142 Å². The van der Waals surface area contributed by atoms with Gasteiger partial charge in [-0.2, -0.15) is 0 Å². The van der Waals surface area contributed by atoms with Crippen LogP contribution in [0.4, 0.5) is 5.69 Å². The van der Waals surface area contributed by atoms with Crippen molar-refractivity contribution in [1.82, 2.24) is 0 Å². The lowest BCUT2D eigenvalue weighted by molar-refractivity contribution is -0.122. The van der Waals surface area contributed by atoms with Gasteiger partial charge in [-0.25, -0.2) is 0 Å². The highest BCUT2D eigenvalue weighted by Crippen LogP contribution is 2.30. The minimum atomic E-state index is -0.286. The molecule has 0 aliphatic carbocycles. The monoisotopic (exact) mass is 323 g/mol. The number of carbonyl (C=O) groups excluding carboxylic acids is 2. The van der Waals surface area contributed by atoms with E-state index in [1.807, 2.05) is 32.0 Å². The lowest BCUT2D eigenvalue weighted by Crippen LogP contribution is -2.30. The van der Waals surface area contributed by atoms with E-state index in [1.54, 1.807) is 24.3 Å². The molecule has 0 N–H and O–H groups in total. The van der Waals surface area contributed by atoms with Crippen molar-refractivity contribution in [1.29, 1.82) is 0 Å². The normalized spacial score (nSPS) is 17.4. The lowest BCUT2D eigenvalue weighted by atomic mass is 9.97. The minimum Gasteiger partial charge on any atom is -0.494 e. The summed E-state index contributed by atoms with van der Waals surface area (Å²) in [5, 5.41) is 0. The number of imide groups is 1. The van der Waals surface area contributed by atoms with Crippen molar-refractivity contribution >= 4 is 17.5 Å². The van der Waals surface area contributed by atoms with Gasteiger partial charge in [0, 0.05) is 6.42 Å². The molecule has 1 atom stereocenters. The van der Waals surface area contributed by atoms with Crippen molar-refractivity contribution in [3.8, 4) is 5.75 Å². The molecule has 0 saturated carbocycles. The number of nitrogens with zero attached hydrogens (tertiary/aromatic N) is 1. The van der Waals surface area contributed by atoms with Gasteiger partial charge in [-0.3, -0.25) is 14.5 Å². The van der Waals surface area contributed by atoms with Crippen molar-refractivity contribution in [2.24, 2.45) is 5.92 Å². The lowest BCUT2D eigenvalue weighted by Gasteiger charge is -2.16. The Hall–Kier alpha value is -2.62. The van der Waals surface area contributed by atoms with Crippen LogP contribution in [0.3, 0.4) is 0 Å². The van der Waals surface area contributed by atoms with Crippen LogP contribution in [0, 0.1) is 12.8 Å². The molecule has 0 aromatic heterocycles. The summed E-state index contributed by atoms with van der Waals surface area (Å²) < 4.78 is 5.40. The fourth-order valence-corrected chi connectivity index (χ4v) is 3.11. The van der Waals surface area contributed by atoms with Gasteiger partial charge in [0.25, 0.3) is 0 Å². The molecular weight excluding hydrogens is 302 g/mol. The van der Waals surface area contributed by atoms with Gasteiger partial charge in [0.15, 0.2) is 0 Å². The number of carbonyl (C=O) groups is 2. The van der Waals surface area contributed by atoms with E-state index < -0.39 is 0 Å². The van der Waals surface area contributed by atoms with Crippen molar-refractivity contribution < 1.29 is 14.3 Å². The van der Waals surface area contributed by atoms with E-state index in [2.05, 4.69) is 6.07 Å². The maximum absolute atomic E-state index is 12.7. The Kier molecular flexibility index (Phi) is 4.65. The second-order valence-electron chi connectivity index (χ2n) is 6.09. The Morgan fingerprint density at radius 2 is 1.88 bits per heavy atom. The van der Waals surface area contributed by atoms with E-state index in [1.165, 1.54) is 4.90 Å². The summed E-state index contributed by atoms with van der Waals surface area (Å²) in [5.74, 6) is 0.190. The molecule has 1 saturated heterocycles. The van der Waals surface area contributed by atoms with Crippen LogP contribution < -0.4 is 9.64 Å². The van der Waals surface area contributed by atoms with Crippen LogP contribution in [0.15, 0.2) is 48.5 Å². The van der Waals surface area contributed by atoms with Crippen molar-refractivity contribution in [3.05, 3.63) is 59.7 Å². The molecule has 1 aliphatic rings. The van der Waals surface area contributed by atoms with Gasteiger partial charge in [0.2, 0.25) is 11.8 Å². The van der Waals surface area contributed by atoms with Crippen molar-refractivity contribution in [2.45, 2.75) is 26.7 Å². The molecule has 1 heterocycles. The Morgan fingerprint density at radius 3 is 2.54 bits per heavy atom. The number of hydrogen-bond acceptors (Lipinski definition) is 3. The summed E-state index contributed by atoms with van der Waals surface area (Å²) in [6, 6.07) is 15.2. The van der Waals surface area contributed by atoms with Crippen LogP contribution in [-0.2, 0) is 16.0 Å². The largest absolute Gasteiger partial charge is 0.494 e. The zero-order valence-electron chi connectivity index (χ0n) is 14.0. The highest BCUT2D eigenvalue weighted by atomic mass is 16.5. The summed E-state index contributed by atoms with van der Waals surface area (Å²) in [6.07, 6.45) is 0.861. The highest BCUT2D eigenvalue weighted by molar-refractivity contribution is 6.21. The quantitative estimate of drug-likeness (QED) is 0.791. The Balaban J connectivity index is 1.76. The number of aryl methyl sites for hydroxylation is 1. The first kappa shape index (κ1) is 16.2. The summed E-state index contributed by atoms with van der Waals surface area (Å²) in [6.45, 7) is 4.52. The molecule has 0 bridgehead atoms. The number of rotatable bonds is 5. The summed E-state index contributed by atoms with van der Waals surface area (Å²) in [7, 11) is 0. The second kappa shape index (κ2) is 6.87. The highest BCUT2D eigenvalue weighted by Gasteiger charge is 2.39. The zero-order valence-corrected chi connectivity index (χ0v) is 14.0. The molecule has 4 nitrogen and oxygen atoms in total. The maximum Gasteiger partial charge on any atom is 0.237 e. The van der Waals surface area contributed by atoms with Gasteiger partial charge >= 0.3 is 0 Å². The number of hydrogen-bond donors (Lipinski definition) is 0. The average Bonchev–Trinajstić information content (AvgIpc) is 2.83. The fourth-order valence-electron chi connectivity index (χ4n) is 3.11. The van der Waals surface area contributed by atoms with Crippen LogP contribution in [0.5, 0.6) is 5.75 Å². The molecule has 2 amide bonds. The number of amides is 2. The zero-order chi connectivity index (χ0) is 17.1. The van der Waals surface area contributed by atoms with E-state index >= 15 is 0 Å². The van der Waals surface area contributed by atoms with Gasteiger partial charge in [-0.05, 0) is 50.1 Å². The van der Waals surface area contributed by atoms with Crippen LogP contribution in [0.2, 0.25) is 0 Å². The number of ether oxygens (including phenoxy) is 1. The average molecular weight is 323 g/mol. The first-order valence-electron chi connectivity index (χ1n) is 8.23. The topological polar surface area (TPSA) is 46.6 Å². The maximum atomic E-state index is 12.7. The standard InChI is InChI=1S/C20H21NO3/c1-3-24-18-9-7-17(8-10-18)21-19(22)13-16(20(21)23)12-15-6-4-5-14(2)11-15/h4-11,16H,3,12-13H2,1-2H3. The number of benzene rings is 2. The molecule has 3 rings (SSSR count). The summed E-state index contributed by atoms with van der Waals surface area (Å²) in [5.41, 5.74) is 2.86. The van der Waals surface area contributed by atoms with E-state index in [9.17, 15) is 9.59 Å². The first-order chi connectivity index (χ1) is 11.6. The van der Waals surface area contributed by atoms with Gasteiger partial charge in [-0.15, -0.1) is 0 Å². The molecule has 124 valence electrons. The van der Waals surface area contributed by atoms with Crippen LogP contribution >= 0.6 is 0 Å². The number of anilines is 1. The van der Waals surface area contributed by atoms with Crippen LogP contribution in [-0.4, -0.2) is 18.4 Å².